The van der Waals surface area contributed by atoms with Gasteiger partial charge in [0.25, 0.3) is 0 Å². The molecule has 1 heterocycles. The summed E-state index contributed by atoms with van der Waals surface area (Å²) in [6.45, 7) is 4.46. The highest BCUT2D eigenvalue weighted by molar-refractivity contribution is 5.45. The Morgan fingerprint density at radius 1 is 1.32 bits per heavy atom. The molecular formula is C16H27N3. The van der Waals surface area contributed by atoms with Crippen LogP contribution in [0.25, 0.3) is 0 Å². The Morgan fingerprint density at radius 2 is 2.05 bits per heavy atom. The minimum Gasteiger partial charge on any atom is -0.383 e. The highest BCUT2D eigenvalue weighted by Gasteiger charge is 2.16. The molecule has 1 aromatic rings. The molecule has 1 fully saturated rings. The van der Waals surface area contributed by atoms with Gasteiger partial charge in [0.15, 0.2) is 0 Å². The maximum absolute atomic E-state index is 3.60. The summed E-state index contributed by atoms with van der Waals surface area (Å²) < 4.78 is 0. The topological polar surface area (TPSA) is 27.3 Å². The lowest BCUT2D eigenvalue weighted by atomic mass is 10.1. The first-order valence-corrected chi connectivity index (χ1v) is 7.37. The molecule has 0 aliphatic carbocycles. The second-order valence-electron chi connectivity index (χ2n) is 6.01. The zero-order valence-electron chi connectivity index (χ0n) is 12.4. The van der Waals surface area contributed by atoms with Gasteiger partial charge in [-0.2, -0.15) is 0 Å². The van der Waals surface area contributed by atoms with Crippen LogP contribution in [0.4, 0.5) is 5.69 Å². The first-order chi connectivity index (χ1) is 9.13. The molecule has 0 spiro atoms. The Kier molecular flexibility index (Phi) is 5.23. The van der Waals surface area contributed by atoms with Gasteiger partial charge in [-0.15, -0.1) is 0 Å². The molecule has 2 rings (SSSR count). The monoisotopic (exact) mass is 261 g/mol. The summed E-state index contributed by atoms with van der Waals surface area (Å²) in [6, 6.07) is 10.0. The van der Waals surface area contributed by atoms with E-state index in [-0.39, 0.29) is 0 Å². The van der Waals surface area contributed by atoms with E-state index in [9.17, 15) is 0 Å². The van der Waals surface area contributed by atoms with Crippen molar-refractivity contribution in [1.82, 2.24) is 10.2 Å². The standard InChI is InChI=1S/C16H27N3/c1-13(11-16-5-4-10-17-16)18-15-8-6-14(7-9-15)12-19(2)3/h6-9,13,16-18H,4-5,10-12H2,1-3H3. The van der Waals surface area contributed by atoms with Crippen LogP contribution < -0.4 is 10.6 Å². The van der Waals surface area contributed by atoms with Crippen LogP contribution in [0.2, 0.25) is 0 Å². The number of nitrogens with one attached hydrogen (secondary N) is 2. The molecule has 106 valence electrons. The molecular weight excluding hydrogens is 234 g/mol. The Hall–Kier alpha value is -1.06. The molecule has 0 saturated carbocycles. The number of hydrogen-bond donors (Lipinski definition) is 2. The lowest BCUT2D eigenvalue weighted by Gasteiger charge is -2.19. The van der Waals surface area contributed by atoms with Crippen molar-refractivity contribution >= 4 is 5.69 Å². The van der Waals surface area contributed by atoms with E-state index in [1.165, 1.54) is 37.1 Å². The molecule has 3 heteroatoms. The molecule has 2 atom stereocenters. The van der Waals surface area contributed by atoms with Crippen LogP contribution >= 0.6 is 0 Å². The molecule has 1 aliphatic rings. The second kappa shape index (κ2) is 6.92. The van der Waals surface area contributed by atoms with Crippen LogP contribution in [-0.4, -0.2) is 37.6 Å². The second-order valence-corrected chi connectivity index (χ2v) is 6.01. The van der Waals surface area contributed by atoms with Crippen LogP contribution in [0.5, 0.6) is 0 Å². The lowest BCUT2D eigenvalue weighted by Crippen LogP contribution is -2.29. The van der Waals surface area contributed by atoms with Crippen molar-refractivity contribution in [1.29, 1.82) is 0 Å². The average Bonchev–Trinajstić information content (AvgIpc) is 2.83. The zero-order valence-corrected chi connectivity index (χ0v) is 12.4. The average molecular weight is 261 g/mol. The zero-order chi connectivity index (χ0) is 13.7. The summed E-state index contributed by atoms with van der Waals surface area (Å²) in [7, 11) is 4.20. The first-order valence-electron chi connectivity index (χ1n) is 7.37. The first kappa shape index (κ1) is 14.4. The minimum atomic E-state index is 0.523. The van der Waals surface area contributed by atoms with Gasteiger partial charge in [0.2, 0.25) is 0 Å². The number of hydrogen-bond acceptors (Lipinski definition) is 3. The van der Waals surface area contributed by atoms with Gasteiger partial charge in [0, 0.05) is 24.3 Å². The van der Waals surface area contributed by atoms with E-state index in [0.717, 1.165) is 6.54 Å². The van der Waals surface area contributed by atoms with E-state index in [0.29, 0.717) is 12.1 Å². The van der Waals surface area contributed by atoms with Gasteiger partial charge in [-0.25, -0.2) is 0 Å². The highest BCUT2D eigenvalue weighted by Crippen LogP contribution is 2.16. The summed E-state index contributed by atoms with van der Waals surface area (Å²) in [6.07, 6.45) is 3.86. The summed E-state index contributed by atoms with van der Waals surface area (Å²) in [4.78, 5) is 2.19. The third-order valence-corrected chi connectivity index (χ3v) is 3.67. The van der Waals surface area contributed by atoms with Gasteiger partial charge in [-0.05, 0) is 64.5 Å². The van der Waals surface area contributed by atoms with E-state index < -0.39 is 0 Å². The van der Waals surface area contributed by atoms with Crippen LogP contribution in [0.15, 0.2) is 24.3 Å². The molecule has 0 radical (unpaired) electrons. The Labute approximate surface area is 117 Å². The van der Waals surface area contributed by atoms with Gasteiger partial charge in [0.1, 0.15) is 0 Å². The Morgan fingerprint density at radius 3 is 2.63 bits per heavy atom. The van der Waals surface area contributed by atoms with E-state index >= 15 is 0 Å². The fourth-order valence-electron chi connectivity index (χ4n) is 2.80. The normalized spacial score (nSPS) is 20.7. The largest absolute Gasteiger partial charge is 0.383 e. The van der Waals surface area contributed by atoms with Crippen molar-refractivity contribution in [2.75, 3.05) is 26.0 Å². The molecule has 1 aromatic carbocycles. The van der Waals surface area contributed by atoms with Gasteiger partial charge < -0.3 is 15.5 Å². The quantitative estimate of drug-likeness (QED) is 0.824. The maximum atomic E-state index is 3.60. The lowest BCUT2D eigenvalue weighted by molar-refractivity contribution is 0.402. The Balaban J connectivity index is 1.81. The third kappa shape index (κ3) is 4.84. The van der Waals surface area contributed by atoms with Crippen LogP contribution in [-0.2, 0) is 6.54 Å². The van der Waals surface area contributed by atoms with Crippen molar-refractivity contribution in [3.63, 3.8) is 0 Å². The summed E-state index contributed by atoms with van der Waals surface area (Å²) in [5.74, 6) is 0. The highest BCUT2D eigenvalue weighted by atomic mass is 15.0. The smallest absolute Gasteiger partial charge is 0.0342 e. The molecule has 0 amide bonds. The fraction of sp³-hybridized carbons (Fsp3) is 0.625. The van der Waals surface area contributed by atoms with Crippen LogP contribution in [0.1, 0.15) is 31.7 Å². The molecule has 2 N–H and O–H groups in total. The third-order valence-electron chi connectivity index (χ3n) is 3.67. The van der Waals surface area contributed by atoms with E-state index in [2.05, 4.69) is 60.8 Å². The summed E-state index contributed by atoms with van der Waals surface area (Å²) in [5.41, 5.74) is 2.59. The molecule has 1 saturated heterocycles. The maximum Gasteiger partial charge on any atom is 0.0342 e. The number of anilines is 1. The molecule has 19 heavy (non-hydrogen) atoms. The summed E-state index contributed by atoms with van der Waals surface area (Å²) >= 11 is 0. The number of benzene rings is 1. The van der Waals surface area contributed by atoms with Crippen molar-refractivity contribution in [3.8, 4) is 0 Å². The van der Waals surface area contributed by atoms with Crippen molar-refractivity contribution in [2.24, 2.45) is 0 Å². The van der Waals surface area contributed by atoms with Crippen LogP contribution in [0, 0.1) is 0 Å². The van der Waals surface area contributed by atoms with Gasteiger partial charge >= 0.3 is 0 Å². The van der Waals surface area contributed by atoms with E-state index in [4.69, 9.17) is 0 Å². The Bertz CT molecular complexity index is 366. The molecule has 2 unspecified atom stereocenters. The fourth-order valence-corrected chi connectivity index (χ4v) is 2.80. The molecule has 0 bridgehead atoms. The predicted octanol–water partition coefficient (Wildman–Crippen LogP) is 2.69. The SMILES string of the molecule is CC(CC1CCCN1)Nc1ccc(CN(C)C)cc1. The van der Waals surface area contributed by atoms with E-state index in [1.807, 2.05) is 0 Å². The van der Waals surface area contributed by atoms with Crippen molar-refractivity contribution in [3.05, 3.63) is 29.8 Å². The van der Waals surface area contributed by atoms with Crippen molar-refractivity contribution in [2.45, 2.75) is 44.8 Å². The summed E-state index contributed by atoms with van der Waals surface area (Å²) in [5, 5.41) is 7.15. The van der Waals surface area contributed by atoms with Crippen LogP contribution in [0.3, 0.4) is 0 Å². The van der Waals surface area contributed by atoms with Crippen molar-refractivity contribution < 1.29 is 0 Å². The number of rotatable bonds is 6. The van der Waals surface area contributed by atoms with Gasteiger partial charge in [-0.1, -0.05) is 12.1 Å². The minimum absolute atomic E-state index is 0.523. The van der Waals surface area contributed by atoms with Gasteiger partial charge in [0.05, 0.1) is 0 Å². The molecule has 1 aliphatic heterocycles. The number of nitrogens with zero attached hydrogens (tertiary/aromatic N) is 1. The predicted molar refractivity (Wildman–Crippen MR) is 82.6 cm³/mol. The molecule has 3 nitrogen and oxygen atoms in total. The van der Waals surface area contributed by atoms with E-state index in [1.54, 1.807) is 0 Å². The van der Waals surface area contributed by atoms with Gasteiger partial charge in [-0.3, -0.25) is 0 Å². The molecule has 0 aromatic heterocycles.